The van der Waals surface area contributed by atoms with Crippen molar-refractivity contribution < 1.29 is 19.1 Å². The molecular weight excluding hydrogens is 196 g/mol. The molecule has 15 heavy (non-hydrogen) atoms. The average molecular weight is 208 g/mol. The van der Waals surface area contributed by atoms with Crippen molar-refractivity contribution in [2.24, 2.45) is 0 Å². The smallest absolute Gasteiger partial charge is 0.343 e. The third-order valence-corrected chi connectivity index (χ3v) is 1.85. The van der Waals surface area contributed by atoms with Crippen molar-refractivity contribution in [2.45, 2.75) is 6.42 Å². The predicted molar refractivity (Wildman–Crippen MR) is 53.7 cm³/mol. The van der Waals surface area contributed by atoms with Crippen molar-refractivity contribution in [2.75, 3.05) is 13.7 Å². The van der Waals surface area contributed by atoms with Crippen molar-refractivity contribution >= 4 is 12.3 Å². The molecule has 4 heteroatoms. The molecular formula is C11H12O4. The number of ether oxygens (including phenoxy) is 2. The first-order valence-electron chi connectivity index (χ1n) is 4.49. The lowest BCUT2D eigenvalue weighted by Gasteiger charge is -2.08. The average Bonchev–Trinajstić information content (AvgIpc) is 2.28. The topological polar surface area (TPSA) is 52.6 Å². The zero-order chi connectivity index (χ0) is 11.1. The number of benzene rings is 1. The zero-order valence-electron chi connectivity index (χ0n) is 8.43. The molecule has 0 saturated carbocycles. The van der Waals surface area contributed by atoms with Gasteiger partial charge in [-0.15, -0.1) is 0 Å². The molecule has 0 bridgehead atoms. The predicted octanol–water partition coefficient (Wildman–Crippen LogP) is 0.980. The molecule has 0 spiro atoms. The maximum absolute atomic E-state index is 10.8. The molecule has 0 aromatic heterocycles. The van der Waals surface area contributed by atoms with Gasteiger partial charge in [0.15, 0.2) is 6.61 Å². The number of carbonyl (C=O) groups excluding carboxylic acids is 2. The summed E-state index contributed by atoms with van der Waals surface area (Å²) in [6.45, 7) is -0.146. The van der Waals surface area contributed by atoms with Gasteiger partial charge >= 0.3 is 5.97 Å². The molecule has 0 fully saturated rings. The Balaban J connectivity index is 2.66. The van der Waals surface area contributed by atoms with Gasteiger partial charge in [-0.1, -0.05) is 18.2 Å². The Morgan fingerprint density at radius 1 is 1.40 bits per heavy atom. The van der Waals surface area contributed by atoms with Gasteiger partial charge in [-0.3, -0.25) is 0 Å². The molecule has 0 N–H and O–H groups in total. The second kappa shape index (κ2) is 5.80. The summed E-state index contributed by atoms with van der Waals surface area (Å²) in [5.74, 6) is 0.0888. The van der Waals surface area contributed by atoms with Crippen molar-refractivity contribution in [1.82, 2.24) is 0 Å². The first-order chi connectivity index (χ1) is 7.27. The fraction of sp³-hybridized carbons (Fsp3) is 0.273. The molecule has 0 heterocycles. The maximum atomic E-state index is 10.8. The largest absolute Gasteiger partial charge is 0.482 e. The van der Waals surface area contributed by atoms with Crippen LogP contribution >= 0.6 is 0 Å². The van der Waals surface area contributed by atoms with Gasteiger partial charge in [-0.25, -0.2) is 4.79 Å². The van der Waals surface area contributed by atoms with E-state index in [1.165, 1.54) is 7.11 Å². The molecule has 0 aliphatic heterocycles. The van der Waals surface area contributed by atoms with E-state index >= 15 is 0 Å². The fourth-order valence-electron chi connectivity index (χ4n) is 1.10. The van der Waals surface area contributed by atoms with E-state index in [9.17, 15) is 9.59 Å². The van der Waals surface area contributed by atoms with Gasteiger partial charge in [-0.05, 0) is 6.07 Å². The Kier molecular flexibility index (Phi) is 4.34. The number of rotatable bonds is 5. The molecule has 0 saturated heterocycles. The van der Waals surface area contributed by atoms with E-state index in [2.05, 4.69) is 4.74 Å². The number of carbonyl (C=O) groups is 2. The van der Waals surface area contributed by atoms with Crippen LogP contribution in [0.2, 0.25) is 0 Å². The summed E-state index contributed by atoms with van der Waals surface area (Å²) in [7, 11) is 1.29. The van der Waals surface area contributed by atoms with E-state index in [-0.39, 0.29) is 13.0 Å². The van der Waals surface area contributed by atoms with Crippen molar-refractivity contribution in [3.05, 3.63) is 29.8 Å². The Morgan fingerprint density at radius 2 is 2.13 bits per heavy atom. The maximum Gasteiger partial charge on any atom is 0.343 e. The van der Waals surface area contributed by atoms with Gasteiger partial charge in [-0.2, -0.15) is 0 Å². The molecule has 4 nitrogen and oxygen atoms in total. The number of esters is 1. The fourth-order valence-corrected chi connectivity index (χ4v) is 1.10. The van der Waals surface area contributed by atoms with E-state index in [4.69, 9.17) is 4.74 Å². The van der Waals surface area contributed by atoms with Crippen LogP contribution in [0.1, 0.15) is 5.56 Å². The highest BCUT2D eigenvalue weighted by atomic mass is 16.6. The summed E-state index contributed by atoms with van der Waals surface area (Å²) in [5, 5.41) is 0. The van der Waals surface area contributed by atoms with E-state index in [1.54, 1.807) is 18.2 Å². The van der Waals surface area contributed by atoms with Gasteiger partial charge in [0.25, 0.3) is 0 Å². The SMILES string of the molecule is COC(=O)COc1ccccc1CC=O. The molecule has 1 rings (SSSR count). The normalized spacial score (nSPS) is 9.40. The van der Waals surface area contributed by atoms with Crippen molar-refractivity contribution in [3.63, 3.8) is 0 Å². The molecule has 0 aliphatic carbocycles. The standard InChI is InChI=1S/C11H12O4/c1-14-11(13)8-15-10-5-3-2-4-9(10)6-7-12/h2-5,7H,6,8H2,1H3. The van der Waals surface area contributed by atoms with Crippen LogP contribution < -0.4 is 4.74 Å². The van der Waals surface area contributed by atoms with Crippen LogP contribution in [0.15, 0.2) is 24.3 Å². The molecule has 0 atom stereocenters. The molecule has 0 radical (unpaired) electrons. The second-order valence-electron chi connectivity index (χ2n) is 2.84. The first-order valence-corrected chi connectivity index (χ1v) is 4.49. The van der Waals surface area contributed by atoms with Crippen molar-refractivity contribution in [3.8, 4) is 5.75 Å². The van der Waals surface area contributed by atoms with E-state index in [0.29, 0.717) is 5.75 Å². The minimum Gasteiger partial charge on any atom is -0.482 e. The first kappa shape index (κ1) is 11.2. The second-order valence-corrected chi connectivity index (χ2v) is 2.84. The van der Waals surface area contributed by atoms with Gasteiger partial charge in [0.1, 0.15) is 12.0 Å². The Labute approximate surface area is 87.8 Å². The summed E-state index contributed by atoms with van der Waals surface area (Å²) in [4.78, 5) is 21.2. The third kappa shape index (κ3) is 3.42. The number of hydrogen-bond acceptors (Lipinski definition) is 4. The third-order valence-electron chi connectivity index (χ3n) is 1.85. The van der Waals surface area contributed by atoms with E-state index in [1.807, 2.05) is 6.07 Å². The highest BCUT2D eigenvalue weighted by Crippen LogP contribution is 2.17. The van der Waals surface area contributed by atoms with E-state index < -0.39 is 5.97 Å². The molecule has 0 amide bonds. The van der Waals surface area contributed by atoms with Crippen molar-refractivity contribution in [1.29, 1.82) is 0 Å². The summed E-state index contributed by atoms with van der Waals surface area (Å²) in [6.07, 6.45) is 1.07. The molecule has 80 valence electrons. The van der Waals surface area contributed by atoms with Crippen LogP contribution in [0.3, 0.4) is 0 Å². The Morgan fingerprint density at radius 3 is 2.80 bits per heavy atom. The highest BCUT2D eigenvalue weighted by molar-refractivity contribution is 5.71. The van der Waals surface area contributed by atoms with Crippen LogP contribution in [0.25, 0.3) is 0 Å². The van der Waals surface area contributed by atoms with Crippen LogP contribution in [0.5, 0.6) is 5.75 Å². The van der Waals surface area contributed by atoms with E-state index in [0.717, 1.165) is 11.8 Å². The number of aldehydes is 1. The Bertz CT molecular complexity index is 346. The molecule has 1 aromatic carbocycles. The lowest BCUT2D eigenvalue weighted by atomic mass is 10.1. The van der Waals surface area contributed by atoms with Gasteiger partial charge in [0, 0.05) is 12.0 Å². The van der Waals surface area contributed by atoms with Crippen LogP contribution in [0, 0.1) is 0 Å². The van der Waals surface area contributed by atoms with Crippen LogP contribution in [0.4, 0.5) is 0 Å². The summed E-state index contributed by atoms with van der Waals surface area (Å²) in [6, 6.07) is 7.08. The van der Waals surface area contributed by atoms with Crippen LogP contribution in [-0.2, 0) is 20.7 Å². The van der Waals surface area contributed by atoms with Crippen LogP contribution in [-0.4, -0.2) is 26.0 Å². The zero-order valence-corrected chi connectivity index (χ0v) is 8.43. The van der Waals surface area contributed by atoms with Gasteiger partial charge in [0.05, 0.1) is 7.11 Å². The van der Waals surface area contributed by atoms with Gasteiger partial charge < -0.3 is 14.3 Å². The molecule has 1 aromatic rings. The number of hydrogen-bond donors (Lipinski definition) is 0. The highest BCUT2D eigenvalue weighted by Gasteiger charge is 2.05. The number of para-hydroxylation sites is 1. The summed E-state index contributed by atoms with van der Waals surface area (Å²) >= 11 is 0. The monoisotopic (exact) mass is 208 g/mol. The lowest BCUT2D eigenvalue weighted by Crippen LogP contribution is -2.13. The number of methoxy groups -OCH3 is 1. The lowest BCUT2D eigenvalue weighted by molar-refractivity contribution is -0.142. The Hall–Kier alpha value is -1.84. The minimum absolute atomic E-state index is 0.146. The summed E-state index contributed by atoms with van der Waals surface area (Å²) in [5.41, 5.74) is 0.761. The van der Waals surface area contributed by atoms with Gasteiger partial charge in [0.2, 0.25) is 0 Å². The molecule has 0 unspecified atom stereocenters. The molecule has 0 aliphatic rings. The quantitative estimate of drug-likeness (QED) is 0.534. The minimum atomic E-state index is -0.448. The summed E-state index contributed by atoms with van der Waals surface area (Å²) < 4.78 is 9.65.